The Morgan fingerprint density at radius 2 is 2.06 bits per heavy atom. The highest BCUT2D eigenvalue weighted by Crippen LogP contribution is 1.99. The highest BCUT2D eigenvalue weighted by molar-refractivity contribution is 5.94. The second-order valence-electron chi connectivity index (χ2n) is 3.97. The molecule has 8 nitrogen and oxygen atoms in total. The Labute approximate surface area is 103 Å². The lowest BCUT2D eigenvalue weighted by Gasteiger charge is -2.10. The summed E-state index contributed by atoms with van der Waals surface area (Å²) >= 11 is 0. The molecule has 1 fully saturated rings. The lowest BCUT2D eigenvalue weighted by molar-refractivity contribution is -0.137. The smallest absolute Gasteiger partial charge is 0.321 e. The lowest BCUT2D eigenvalue weighted by atomic mass is 10.2. The summed E-state index contributed by atoms with van der Waals surface area (Å²) in [4.78, 5) is 43.6. The first kappa shape index (κ1) is 13.9. The van der Waals surface area contributed by atoms with Crippen LogP contribution in [0.1, 0.15) is 25.7 Å². The summed E-state index contributed by atoms with van der Waals surface area (Å²) in [7, 11) is 0. The van der Waals surface area contributed by atoms with E-state index in [0.29, 0.717) is 6.54 Å². The SMILES string of the molecule is O=C(O)CCCC(=O)NC(=O)NC1CNC(=O)C1. The van der Waals surface area contributed by atoms with Crippen LogP contribution in [0.5, 0.6) is 0 Å². The number of carboxylic acids is 1. The number of carboxylic acid groups (broad SMARTS) is 1. The van der Waals surface area contributed by atoms with Crippen LogP contribution in [-0.2, 0) is 14.4 Å². The highest BCUT2D eigenvalue weighted by Gasteiger charge is 2.23. The lowest BCUT2D eigenvalue weighted by Crippen LogP contribution is -2.45. The average molecular weight is 257 g/mol. The topological polar surface area (TPSA) is 125 Å². The van der Waals surface area contributed by atoms with Gasteiger partial charge < -0.3 is 15.7 Å². The van der Waals surface area contributed by atoms with E-state index in [4.69, 9.17) is 5.11 Å². The van der Waals surface area contributed by atoms with Crippen molar-refractivity contribution in [2.75, 3.05) is 6.54 Å². The molecule has 0 aromatic carbocycles. The van der Waals surface area contributed by atoms with E-state index in [-0.39, 0.29) is 37.6 Å². The molecule has 18 heavy (non-hydrogen) atoms. The van der Waals surface area contributed by atoms with E-state index in [1.807, 2.05) is 0 Å². The van der Waals surface area contributed by atoms with Crippen molar-refractivity contribution in [3.63, 3.8) is 0 Å². The first-order chi connectivity index (χ1) is 8.47. The highest BCUT2D eigenvalue weighted by atomic mass is 16.4. The number of amides is 4. The van der Waals surface area contributed by atoms with E-state index in [2.05, 4.69) is 16.0 Å². The fourth-order valence-corrected chi connectivity index (χ4v) is 1.52. The van der Waals surface area contributed by atoms with Crippen molar-refractivity contribution in [1.82, 2.24) is 16.0 Å². The van der Waals surface area contributed by atoms with E-state index >= 15 is 0 Å². The molecule has 100 valence electrons. The van der Waals surface area contributed by atoms with Crippen LogP contribution in [0.15, 0.2) is 0 Å². The number of urea groups is 1. The first-order valence-electron chi connectivity index (χ1n) is 5.56. The van der Waals surface area contributed by atoms with Gasteiger partial charge in [0.15, 0.2) is 0 Å². The molecule has 1 aliphatic heterocycles. The fraction of sp³-hybridized carbons (Fsp3) is 0.600. The zero-order valence-electron chi connectivity index (χ0n) is 9.69. The standard InChI is InChI=1S/C10H15N3O5/c14-7(2-1-3-9(16)17)13-10(18)12-6-4-8(15)11-5-6/h6H,1-5H2,(H,11,15)(H,16,17)(H2,12,13,14,18). The maximum atomic E-state index is 11.3. The van der Waals surface area contributed by atoms with Crippen molar-refractivity contribution < 1.29 is 24.3 Å². The average Bonchev–Trinajstić information content (AvgIpc) is 2.62. The minimum absolute atomic E-state index is 0.0262. The molecular weight excluding hydrogens is 242 g/mol. The number of carbonyl (C=O) groups is 4. The fourth-order valence-electron chi connectivity index (χ4n) is 1.52. The number of imide groups is 1. The summed E-state index contributed by atoms with van der Waals surface area (Å²) in [6, 6.07) is -0.985. The van der Waals surface area contributed by atoms with Gasteiger partial charge in [0.05, 0.1) is 6.04 Å². The van der Waals surface area contributed by atoms with Crippen molar-refractivity contribution >= 4 is 23.8 Å². The van der Waals surface area contributed by atoms with Gasteiger partial charge >= 0.3 is 12.0 Å². The van der Waals surface area contributed by atoms with E-state index in [1.54, 1.807) is 0 Å². The zero-order chi connectivity index (χ0) is 13.5. The Bertz CT molecular complexity index is 369. The van der Waals surface area contributed by atoms with Gasteiger partial charge in [-0.1, -0.05) is 0 Å². The molecular formula is C10H15N3O5. The van der Waals surface area contributed by atoms with Crippen LogP contribution >= 0.6 is 0 Å². The van der Waals surface area contributed by atoms with Gasteiger partial charge in [-0.15, -0.1) is 0 Å². The Morgan fingerprint density at radius 1 is 1.33 bits per heavy atom. The van der Waals surface area contributed by atoms with Crippen molar-refractivity contribution in [3.8, 4) is 0 Å². The van der Waals surface area contributed by atoms with Gasteiger partial charge in [0.1, 0.15) is 0 Å². The van der Waals surface area contributed by atoms with E-state index < -0.39 is 17.9 Å². The molecule has 1 aliphatic rings. The third-order valence-electron chi connectivity index (χ3n) is 2.36. The number of nitrogens with one attached hydrogen (secondary N) is 3. The summed E-state index contributed by atoms with van der Waals surface area (Å²) in [6.07, 6.45) is 0.232. The van der Waals surface area contributed by atoms with E-state index in [9.17, 15) is 19.2 Å². The number of carbonyl (C=O) groups excluding carboxylic acids is 3. The van der Waals surface area contributed by atoms with Gasteiger partial charge in [0.25, 0.3) is 0 Å². The summed E-state index contributed by atoms with van der Waals surface area (Å²) in [5, 5.41) is 15.5. The molecule has 8 heteroatoms. The van der Waals surface area contributed by atoms with Crippen molar-refractivity contribution in [2.24, 2.45) is 0 Å². The Hall–Kier alpha value is -2.12. The molecule has 0 bridgehead atoms. The maximum absolute atomic E-state index is 11.3. The summed E-state index contributed by atoms with van der Waals surface area (Å²) in [5.41, 5.74) is 0. The summed E-state index contributed by atoms with van der Waals surface area (Å²) in [6.45, 7) is 0.347. The minimum Gasteiger partial charge on any atom is -0.481 e. The Morgan fingerprint density at radius 3 is 2.61 bits per heavy atom. The molecule has 1 rings (SSSR count). The molecule has 1 saturated heterocycles. The predicted octanol–water partition coefficient (Wildman–Crippen LogP) is -1.04. The molecule has 0 aromatic rings. The van der Waals surface area contributed by atoms with E-state index in [0.717, 1.165) is 0 Å². The van der Waals surface area contributed by atoms with Gasteiger partial charge in [0, 0.05) is 25.8 Å². The van der Waals surface area contributed by atoms with Gasteiger partial charge in [0.2, 0.25) is 11.8 Å². The van der Waals surface area contributed by atoms with Crippen LogP contribution in [0.2, 0.25) is 0 Å². The van der Waals surface area contributed by atoms with Crippen LogP contribution in [0.4, 0.5) is 4.79 Å². The molecule has 0 aromatic heterocycles. The second kappa shape index (κ2) is 6.58. The quantitative estimate of drug-likeness (QED) is 0.500. The number of rotatable bonds is 5. The molecule has 4 amide bonds. The van der Waals surface area contributed by atoms with Crippen LogP contribution in [-0.4, -0.2) is 41.5 Å². The van der Waals surface area contributed by atoms with Gasteiger partial charge in [-0.25, -0.2) is 4.79 Å². The Kier molecular flexibility index (Phi) is 5.09. The van der Waals surface area contributed by atoms with Crippen LogP contribution in [0, 0.1) is 0 Å². The van der Waals surface area contributed by atoms with Crippen molar-refractivity contribution in [3.05, 3.63) is 0 Å². The molecule has 1 unspecified atom stereocenters. The molecule has 1 heterocycles. The van der Waals surface area contributed by atoms with Crippen molar-refractivity contribution in [1.29, 1.82) is 0 Å². The van der Waals surface area contributed by atoms with E-state index in [1.165, 1.54) is 0 Å². The summed E-state index contributed by atoms with van der Waals surface area (Å²) in [5.74, 6) is -1.66. The van der Waals surface area contributed by atoms with Crippen LogP contribution < -0.4 is 16.0 Å². The molecule has 0 aliphatic carbocycles. The minimum atomic E-state index is -0.984. The van der Waals surface area contributed by atoms with Crippen LogP contribution in [0.25, 0.3) is 0 Å². The van der Waals surface area contributed by atoms with Crippen molar-refractivity contribution in [2.45, 2.75) is 31.7 Å². The molecule has 0 saturated carbocycles. The molecule has 1 atom stereocenters. The molecule has 0 spiro atoms. The molecule has 0 radical (unpaired) electrons. The predicted molar refractivity (Wildman–Crippen MR) is 59.6 cm³/mol. The van der Waals surface area contributed by atoms with Gasteiger partial charge in [-0.2, -0.15) is 0 Å². The molecule has 4 N–H and O–H groups in total. The largest absolute Gasteiger partial charge is 0.481 e. The van der Waals surface area contributed by atoms with Gasteiger partial charge in [-0.3, -0.25) is 19.7 Å². The number of hydrogen-bond donors (Lipinski definition) is 4. The zero-order valence-corrected chi connectivity index (χ0v) is 9.69. The second-order valence-corrected chi connectivity index (χ2v) is 3.97. The number of hydrogen-bond acceptors (Lipinski definition) is 4. The normalized spacial score (nSPS) is 18.0. The third-order valence-corrected chi connectivity index (χ3v) is 2.36. The third kappa shape index (κ3) is 5.28. The number of aliphatic carboxylic acids is 1. The van der Waals surface area contributed by atoms with Gasteiger partial charge in [-0.05, 0) is 6.42 Å². The van der Waals surface area contributed by atoms with Crippen LogP contribution in [0.3, 0.4) is 0 Å². The monoisotopic (exact) mass is 257 g/mol. The Balaban J connectivity index is 2.17. The maximum Gasteiger partial charge on any atom is 0.321 e. The first-order valence-corrected chi connectivity index (χ1v) is 5.56. The summed E-state index contributed by atoms with van der Waals surface area (Å²) < 4.78 is 0.